The molecule has 0 aliphatic rings. The molecule has 0 saturated carbocycles. The lowest BCUT2D eigenvalue weighted by Gasteiger charge is -2.20. The van der Waals surface area contributed by atoms with Crippen molar-refractivity contribution in [3.05, 3.63) is 84.4 Å². The summed E-state index contributed by atoms with van der Waals surface area (Å²) in [5, 5.41) is 0.842. The summed E-state index contributed by atoms with van der Waals surface area (Å²) in [6.45, 7) is 3.30. The predicted octanol–water partition coefficient (Wildman–Crippen LogP) is 5.24. The van der Waals surface area contributed by atoms with E-state index < -0.39 is 0 Å². The maximum Gasteiger partial charge on any atom is 0.237 e. The number of hydrogen-bond acceptors (Lipinski definition) is 4. The molecular weight excluding hydrogens is 406 g/mol. The molecule has 0 aliphatic carbocycles. The third-order valence-electron chi connectivity index (χ3n) is 5.13. The highest BCUT2D eigenvalue weighted by molar-refractivity contribution is 7.99. The Morgan fingerprint density at radius 2 is 1.71 bits per heavy atom. The van der Waals surface area contributed by atoms with Gasteiger partial charge in [0.25, 0.3) is 0 Å². The average Bonchev–Trinajstić information content (AvgIpc) is 3.17. The van der Waals surface area contributed by atoms with E-state index in [0.29, 0.717) is 18.8 Å². The largest absolute Gasteiger partial charge is 0.497 e. The Morgan fingerprint density at radius 1 is 1.00 bits per heavy atom. The summed E-state index contributed by atoms with van der Waals surface area (Å²) in [6.07, 6.45) is 0. The third-order valence-corrected chi connectivity index (χ3v) is 6.09. The zero-order chi connectivity index (χ0) is 21.6. The first-order valence-corrected chi connectivity index (χ1v) is 11.2. The Morgan fingerprint density at radius 3 is 2.42 bits per heavy atom. The van der Waals surface area contributed by atoms with E-state index in [1.807, 2.05) is 72.5 Å². The van der Waals surface area contributed by atoms with Crippen molar-refractivity contribution in [3.8, 4) is 5.75 Å². The van der Waals surface area contributed by atoms with Crippen LogP contribution in [0.25, 0.3) is 11.0 Å². The van der Waals surface area contributed by atoms with Crippen LogP contribution in [-0.4, -0.2) is 34.9 Å². The molecule has 1 amide bonds. The second-order valence-corrected chi connectivity index (χ2v) is 8.02. The Bertz CT molecular complexity index is 1160. The van der Waals surface area contributed by atoms with Crippen LogP contribution in [-0.2, 0) is 11.3 Å². The smallest absolute Gasteiger partial charge is 0.237 e. The maximum atomic E-state index is 13.0. The molecule has 5 nitrogen and oxygen atoms in total. The molecule has 31 heavy (non-hydrogen) atoms. The topological polar surface area (TPSA) is 47.4 Å². The van der Waals surface area contributed by atoms with E-state index in [1.165, 1.54) is 11.8 Å². The summed E-state index contributed by atoms with van der Waals surface area (Å²) in [5.74, 6) is 1.23. The maximum absolute atomic E-state index is 13.0. The van der Waals surface area contributed by atoms with Crippen molar-refractivity contribution in [1.82, 2.24) is 9.55 Å². The van der Waals surface area contributed by atoms with E-state index in [1.54, 1.807) is 7.11 Å². The molecular formula is C25H25N3O2S. The molecule has 4 rings (SSSR count). The number of rotatable bonds is 8. The van der Waals surface area contributed by atoms with Gasteiger partial charge < -0.3 is 14.2 Å². The number of methoxy groups -OCH3 is 1. The lowest BCUT2D eigenvalue weighted by Crippen LogP contribution is -2.32. The highest BCUT2D eigenvalue weighted by Gasteiger charge is 2.17. The van der Waals surface area contributed by atoms with Gasteiger partial charge in [-0.3, -0.25) is 4.79 Å². The second-order valence-electron chi connectivity index (χ2n) is 7.08. The van der Waals surface area contributed by atoms with Crippen molar-refractivity contribution >= 4 is 34.4 Å². The number of benzene rings is 3. The van der Waals surface area contributed by atoms with Gasteiger partial charge in [-0.25, -0.2) is 4.98 Å². The fourth-order valence-corrected chi connectivity index (χ4v) is 4.44. The van der Waals surface area contributed by atoms with E-state index in [9.17, 15) is 4.79 Å². The molecule has 0 spiro atoms. The predicted molar refractivity (Wildman–Crippen MR) is 127 cm³/mol. The van der Waals surface area contributed by atoms with Crippen molar-refractivity contribution in [2.75, 3.05) is 24.3 Å². The molecule has 6 heteroatoms. The molecule has 0 atom stereocenters. The number of amides is 1. The molecule has 0 N–H and O–H groups in total. The molecule has 1 heterocycles. The minimum atomic E-state index is 0.0711. The standard InChI is InChI=1S/C25H25N3O2S/c1-3-27(20-9-5-4-6-10-20)24(29)18-31-25-26-22-11-7-8-12-23(22)28(25)17-19-13-15-21(30-2)16-14-19/h4-16H,3,17-18H2,1-2H3. The third kappa shape index (κ3) is 4.75. The summed E-state index contributed by atoms with van der Waals surface area (Å²) in [6, 6.07) is 25.9. The fourth-order valence-electron chi connectivity index (χ4n) is 3.54. The van der Waals surface area contributed by atoms with Crippen LogP contribution in [0.3, 0.4) is 0 Å². The SMILES string of the molecule is CCN(C(=O)CSc1nc2ccccc2n1Cc1ccc(OC)cc1)c1ccccc1. The normalized spacial score (nSPS) is 10.9. The van der Waals surface area contributed by atoms with Crippen LogP contribution in [0.4, 0.5) is 5.69 Å². The summed E-state index contributed by atoms with van der Waals surface area (Å²) < 4.78 is 7.44. The lowest BCUT2D eigenvalue weighted by atomic mass is 10.2. The molecule has 3 aromatic carbocycles. The second kappa shape index (κ2) is 9.71. The van der Waals surface area contributed by atoms with E-state index in [0.717, 1.165) is 33.2 Å². The molecule has 0 aliphatic heterocycles. The summed E-state index contributed by atoms with van der Waals surface area (Å²) in [5.41, 5.74) is 4.06. The van der Waals surface area contributed by atoms with Crippen LogP contribution < -0.4 is 9.64 Å². The highest BCUT2D eigenvalue weighted by Crippen LogP contribution is 2.26. The number of nitrogens with zero attached hydrogens (tertiary/aromatic N) is 3. The summed E-state index contributed by atoms with van der Waals surface area (Å²) >= 11 is 1.48. The van der Waals surface area contributed by atoms with Gasteiger partial charge in [0.1, 0.15) is 5.75 Å². The number of carbonyl (C=O) groups excluding carboxylic acids is 1. The van der Waals surface area contributed by atoms with Crippen LogP contribution in [0.2, 0.25) is 0 Å². The van der Waals surface area contributed by atoms with Gasteiger partial charge in [0.2, 0.25) is 5.91 Å². The Labute approximate surface area is 186 Å². The van der Waals surface area contributed by atoms with Gasteiger partial charge in [-0.15, -0.1) is 0 Å². The molecule has 0 unspecified atom stereocenters. The first-order chi connectivity index (χ1) is 15.2. The van der Waals surface area contributed by atoms with Crippen LogP contribution in [0, 0.1) is 0 Å². The minimum Gasteiger partial charge on any atom is -0.497 e. The summed E-state index contributed by atoms with van der Waals surface area (Å²) in [4.78, 5) is 19.6. The molecule has 0 saturated heterocycles. The molecule has 0 bridgehead atoms. The fraction of sp³-hybridized carbons (Fsp3) is 0.200. The highest BCUT2D eigenvalue weighted by atomic mass is 32.2. The summed E-state index contributed by atoms with van der Waals surface area (Å²) in [7, 11) is 1.67. The van der Waals surface area contributed by atoms with E-state index in [-0.39, 0.29) is 5.91 Å². The zero-order valence-corrected chi connectivity index (χ0v) is 18.5. The Kier molecular flexibility index (Phi) is 6.57. The average molecular weight is 432 g/mol. The van der Waals surface area contributed by atoms with E-state index in [2.05, 4.69) is 22.8 Å². The van der Waals surface area contributed by atoms with Gasteiger partial charge in [-0.1, -0.05) is 54.2 Å². The molecule has 158 valence electrons. The number of carbonyl (C=O) groups is 1. The van der Waals surface area contributed by atoms with Gasteiger partial charge in [-0.05, 0) is 48.9 Å². The number of thioether (sulfide) groups is 1. The zero-order valence-electron chi connectivity index (χ0n) is 17.7. The van der Waals surface area contributed by atoms with E-state index >= 15 is 0 Å². The van der Waals surface area contributed by atoms with Crippen molar-refractivity contribution in [2.45, 2.75) is 18.6 Å². The Balaban J connectivity index is 1.57. The number of ether oxygens (including phenoxy) is 1. The first-order valence-electron chi connectivity index (χ1n) is 10.3. The van der Waals surface area contributed by atoms with Crippen LogP contribution >= 0.6 is 11.8 Å². The van der Waals surface area contributed by atoms with Crippen molar-refractivity contribution in [2.24, 2.45) is 0 Å². The van der Waals surface area contributed by atoms with Gasteiger partial charge in [0.05, 0.1) is 30.4 Å². The number of aromatic nitrogens is 2. The van der Waals surface area contributed by atoms with Crippen molar-refractivity contribution in [1.29, 1.82) is 0 Å². The Hall–Kier alpha value is -3.25. The van der Waals surface area contributed by atoms with Gasteiger partial charge >= 0.3 is 0 Å². The molecule has 1 aromatic heterocycles. The van der Waals surface area contributed by atoms with Crippen molar-refractivity contribution < 1.29 is 9.53 Å². The van der Waals surface area contributed by atoms with Crippen LogP contribution in [0.15, 0.2) is 84.0 Å². The number of para-hydroxylation sites is 3. The number of imidazole rings is 1. The number of anilines is 1. The molecule has 4 aromatic rings. The van der Waals surface area contributed by atoms with Gasteiger partial charge in [0, 0.05) is 12.2 Å². The van der Waals surface area contributed by atoms with E-state index in [4.69, 9.17) is 9.72 Å². The van der Waals surface area contributed by atoms with Crippen LogP contribution in [0.1, 0.15) is 12.5 Å². The van der Waals surface area contributed by atoms with Gasteiger partial charge in [0.15, 0.2) is 5.16 Å². The van der Waals surface area contributed by atoms with Gasteiger partial charge in [-0.2, -0.15) is 0 Å². The number of fused-ring (bicyclic) bond motifs is 1. The lowest BCUT2D eigenvalue weighted by molar-refractivity contribution is -0.116. The molecule has 0 fully saturated rings. The minimum absolute atomic E-state index is 0.0711. The van der Waals surface area contributed by atoms with Crippen LogP contribution in [0.5, 0.6) is 5.75 Å². The first kappa shape index (κ1) is 21.0. The van der Waals surface area contributed by atoms with Crippen molar-refractivity contribution in [3.63, 3.8) is 0 Å². The number of hydrogen-bond donors (Lipinski definition) is 0. The molecule has 0 radical (unpaired) electrons. The monoisotopic (exact) mass is 431 g/mol. The quantitative estimate of drug-likeness (QED) is 0.358.